The lowest BCUT2D eigenvalue weighted by Gasteiger charge is -2.21. The predicted molar refractivity (Wildman–Crippen MR) is 90.4 cm³/mol. The summed E-state index contributed by atoms with van der Waals surface area (Å²) in [6.45, 7) is 3.75. The van der Waals surface area contributed by atoms with Crippen molar-refractivity contribution in [3.63, 3.8) is 0 Å². The van der Waals surface area contributed by atoms with Gasteiger partial charge in [-0.15, -0.1) is 0 Å². The summed E-state index contributed by atoms with van der Waals surface area (Å²) in [6, 6.07) is 10.4. The lowest BCUT2D eigenvalue weighted by molar-refractivity contribution is -0.133. The Morgan fingerprint density at radius 1 is 1.25 bits per heavy atom. The largest absolute Gasteiger partial charge is 0.496 e. The second-order valence-corrected chi connectivity index (χ2v) is 6.12. The Bertz CT molecular complexity index is 843. The maximum absolute atomic E-state index is 12.7. The molecule has 1 aliphatic heterocycles. The number of aryl methyl sites for hydroxylation is 2. The average Bonchev–Trinajstić information content (AvgIpc) is 2.79. The van der Waals surface area contributed by atoms with Crippen molar-refractivity contribution in [3.8, 4) is 5.75 Å². The van der Waals surface area contributed by atoms with E-state index in [0.29, 0.717) is 22.6 Å². The van der Waals surface area contributed by atoms with Crippen molar-refractivity contribution in [3.05, 3.63) is 58.7 Å². The molecule has 3 rings (SSSR count). The Hall–Kier alpha value is -2.66. The van der Waals surface area contributed by atoms with Crippen LogP contribution in [0.4, 0.5) is 5.69 Å². The molecule has 0 aromatic heterocycles. The molecule has 1 heterocycles. The van der Waals surface area contributed by atoms with E-state index in [1.807, 2.05) is 19.9 Å². The Kier molecular flexibility index (Phi) is 3.89. The fourth-order valence-electron chi connectivity index (χ4n) is 3.18. The molecule has 2 aromatic carbocycles. The molecule has 2 aromatic rings. The van der Waals surface area contributed by atoms with Crippen LogP contribution < -0.4 is 10.1 Å². The van der Waals surface area contributed by atoms with Crippen LogP contribution in [-0.4, -0.2) is 23.9 Å². The number of nitrogens with one attached hydrogen (secondary N) is 1. The van der Waals surface area contributed by atoms with E-state index in [9.17, 15) is 14.7 Å². The van der Waals surface area contributed by atoms with E-state index in [1.165, 1.54) is 7.11 Å². The van der Waals surface area contributed by atoms with Crippen LogP contribution in [0.1, 0.15) is 33.5 Å². The molecule has 1 atom stereocenters. The standard InChI is InChI=1S/C19H19NO4/c1-11-8-12(2)17-14(9-11)19(23,18(22)20-17)10-15(21)13-6-4-5-7-16(13)24-3/h4-9,23H,10H2,1-3H3,(H,20,22). The van der Waals surface area contributed by atoms with Gasteiger partial charge in [0.15, 0.2) is 11.4 Å². The van der Waals surface area contributed by atoms with Crippen LogP contribution in [0.2, 0.25) is 0 Å². The third-order valence-corrected chi connectivity index (χ3v) is 4.36. The number of fused-ring (bicyclic) bond motifs is 1. The number of hydrogen-bond acceptors (Lipinski definition) is 4. The lowest BCUT2D eigenvalue weighted by atomic mass is 9.86. The van der Waals surface area contributed by atoms with Gasteiger partial charge in [0.05, 0.1) is 24.8 Å². The van der Waals surface area contributed by atoms with Crippen molar-refractivity contribution in [1.82, 2.24) is 0 Å². The van der Waals surface area contributed by atoms with E-state index in [-0.39, 0.29) is 12.2 Å². The van der Waals surface area contributed by atoms with E-state index in [0.717, 1.165) is 11.1 Å². The van der Waals surface area contributed by atoms with Crippen LogP contribution in [0.5, 0.6) is 5.75 Å². The Balaban J connectivity index is 2.01. The van der Waals surface area contributed by atoms with Gasteiger partial charge in [-0.2, -0.15) is 0 Å². The molecule has 0 saturated heterocycles. The van der Waals surface area contributed by atoms with E-state index in [1.54, 1.807) is 30.3 Å². The molecular weight excluding hydrogens is 306 g/mol. The first-order valence-electron chi connectivity index (χ1n) is 7.68. The molecule has 0 fully saturated rings. The fourth-order valence-corrected chi connectivity index (χ4v) is 3.18. The number of aliphatic hydroxyl groups is 1. The summed E-state index contributed by atoms with van der Waals surface area (Å²) in [5, 5.41) is 13.7. The fraction of sp³-hybridized carbons (Fsp3) is 0.263. The number of Topliss-reactive ketones (excluding diaryl/α,β-unsaturated/α-hetero) is 1. The highest BCUT2D eigenvalue weighted by atomic mass is 16.5. The third kappa shape index (κ3) is 2.47. The number of ketones is 1. The maximum Gasteiger partial charge on any atom is 0.261 e. The van der Waals surface area contributed by atoms with Gasteiger partial charge >= 0.3 is 0 Å². The van der Waals surface area contributed by atoms with Gasteiger partial charge in [0.25, 0.3) is 5.91 Å². The molecule has 1 amide bonds. The van der Waals surface area contributed by atoms with E-state index in [2.05, 4.69) is 5.32 Å². The minimum absolute atomic E-state index is 0.338. The minimum atomic E-state index is -1.87. The van der Waals surface area contributed by atoms with Crippen LogP contribution >= 0.6 is 0 Å². The Labute approximate surface area is 140 Å². The van der Waals surface area contributed by atoms with Gasteiger partial charge in [-0.1, -0.05) is 29.8 Å². The smallest absolute Gasteiger partial charge is 0.261 e. The number of para-hydroxylation sites is 1. The lowest BCUT2D eigenvalue weighted by Crippen LogP contribution is -2.36. The molecule has 24 heavy (non-hydrogen) atoms. The molecule has 0 spiro atoms. The summed E-state index contributed by atoms with van der Waals surface area (Å²) < 4.78 is 5.20. The Morgan fingerprint density at radius 2 is 1.96 bits per heavy atom. The van der Waals surface area contributed by atoms with Crippen molar-refractivity contribution in [2.24, 2.45) is 0 Å². The summed E-state index contributed by atoms with van der Waals surface area (Å²) in [5.41, 5.74) is 1.29. The molecule has 5 nitrogen and oxygen atoms in total. The number of ether oxygens (including phenoxy) is 1. The van der Waals surface area contributed by atoms with Gasteiger partial charge in [-0.25, -0.2) is 0 Å². The predicted octanol–water partition coefficient (Wildman–Crippen LogP) is 2.72. The molecule has 1 aliphatic rings. The molecule has 5 heteroatoms. The minimum Gasteiger partial charge on any atom is -0.496 e. The zero-order valence-electron chi connectivity index (χ0n) is 13.8. The van der Waals surface area contributed by atoms with Gasteiger partial charge in [0, 0.05) is 5.56 Å². The molecule has 124 valence electrons. The van der Waals surface area contributed by atoms with Crippen LogP contribution in [0.3, 0.4) is 0 Å². The SMILES string of the molecule is COc1ccccc1C(=O)CC1(O)C(=O)Nc2c(C)cc(C)cc21. The molecule has 0 radical (unpaired) electrons. The highest BCUT2D eigenvalue weighted by molar-refractivity contribution is 6.10. The zero-order chi connectivity index (χ0) is 17.5. The van der Waals surface area contributed by atoms with Crippen LogP contribution in [0.15, 0.2) is 36.4 Å². The van der Waals surface area contributed by atoms with Crippen LogP contribution in [-0.2, 0) is 10.4 Å². The quantitative estimate of drug-likeness (QED) is 0.848. The van der Waals surface area contributed by atoms with Gasteiger partial charge < -0.3 is 15.2 Å². The summed E-state index contributed by atoms with van der Waals surface area (Å²) in [4.78, 5) is 25.1. The maximum atomic E-state index is 12.7. The summed E-state index contributed by atoms with van der Waals surface area (Å²) in [5.74, 6) is -0.503. The second kappa shape index (κ2) is 5.76. The highest BCUT2D eigenvalue weighted by Gasteiger charge is 2.47. The van der Waals surface area contributed by atoms with Crippen LogP contribution in [0.25, 0.3) is 0 Å². The number of hydrogen-bond donors (Lipinski definition) is 2. The normalized spacial score (nSPS) is 18.9. The average molecular weight is 325 g/mol. The van der Waals surface area contributed by atoms with Crippen molar-refractivity contribution in [2.45, 2.75) is 25.9 Å². The first-order chi connectivity index (χ1) is 11.4. The van der Waals surface area contributed by atoms with E-state index in [4.69, 9.17) is 4.74 Å². The number of carbonyl (C=O) groups is 2. The van der Waals surface area contributed by atoms with Crippen LogP contribution in [0, 0.1) is 13.8 Å². The topological polar surface area (TPSA) is 75.6 Å². The number of amides is 1. The Morgan fingerprint density at radius 3 is 2.67 bits per heavy atom. The number of benzene rings is 2. The molecule has 1 unspecified atom stereocenters. The summed E-state index contributed by atoms with van der Waals surface area (Å²) >= 11 is 0. The van der Waals surface area contributed by atoms with Crippen molar-refractivity contribution in [2.75, 3.05) is 12.4 Å². The van der Waals surface area contributed by atoms with Gasteiger partial charge in [-0.3, -0.25) is 9.59 Å². The van der Waals surface area contributed by atoms with Crippen molar-refractivity contribution < 1.29 is 19.4 Å². The first kappa shape index (κ1) is 16.2. The van der Waals surface area contributed by atoms with Gasteiger partial charge in [-0.05, 0) is 31.5 Å². The number of rotatable bonds is 4. The second-order valence-electron chi connectivity index (χ2n) is 6.12. The van der Waals surface area contributed by atoms with E-state index >= 15 is 0 Å². The zero-order valence-corrected chi connectivity index (χ0v) is 13.8. The van der Waals surface area contributed by atoms with Crippen molar-refractivity contribution in [1.29, 1.82) is 0 Å². The number of anilines is 1. The first-order valence-corrected chi connectivity index (χ1v) is 7.68. The molecule has 0 bridgehead atoms. The molecule has 0 aliphatic carbocycles. The molecular formula is C19H19NO4. The monoisotopic (exact) mass is 325 g/mol. The molecule has 0 saturated carbocycles. The number of carbonyl (C=O) groups excluding carboxylic acids is 2. The third-order valence-electron chi connectivity index (χ3n) is 4.36. The molecule has 2 N–H and O–H groups in total. The van der Waals surface area contributed by atoms with Gasteiger partial charge in [0.2, 0.25) is 0 Å². The van der Waals surface area contributed by atoms with Gasteiger partial charge in [0.1, 0.15) is 5.75 Å². The number of methoxy groups -OCH3 is 1. The van der Waals surface area contributed by atoms with Crippen molar-refractivity contribution >= 4 is 17.4 Å². The summed E-state index contributed by atoms with van der Waals surface area (Å²) in [6.07, 6.45) is -0.338. The highest BCUT2D eigenvalue weighted by Crippen LogP contribution is 2.41. The summed E-state index contributed by atoms with van der Waals surface area (Å²) in [7, 11) is 1.48. The van der Waals surface area contributed by atoms with E-state index < -0.39 is 11.5 Å².